The van der Waals surface area contributed by atoms with E-state index in [-0.39, 0.29) is 18.4 Å². The van der Waals surface area contributed by atoms with Gasteiger partial charge in [0.05, 0.1) is 11.6 Å². The van der Waals surface area contributed by atoms with Crippen LogP contribution >= 0.6 is 22.9 Å². The van der Waals surface area contributed by atoms with Gasteiger partial charge in [0, 0.05) is 23.2 Å². The minimum absolute atomic E-state index is 0.0296. The Morgan fingerprint density at radius 1 is 1.24 bits per heavy atom. The highest BCUT2D eigenvalue weighted by Gasteiger charge is 2.20. The molecule has 0 radical (unpaired) electrons. The predicted molar refractivity (Wildman–Crippen MR) is 85.0 cm³/mol. The zero-order valence-corrected chi connectivity index (χ0v) is 13.0. The number of thiophene rings is 1. The quantitative estimate of drug-likeness (QED) is 0.944. The van der Waals surface area contributed by atoms with Crippen LogP contribution < -0.4 is 5.32 Å². The van der Waals surface area contributed by atoms with Crippen molar-refractivity contribution < 1.29 is 9.59 Å². The summed E-state index contributed by atoms with van der Waals surface area (Å²) >= 11 is 7.60. The van der Waals surface area contributed by atoms with E-state index in [0.717, 1.165) is 36.0 Å². The number of halogens is 1. The number of likely N-dealkylation sites (tertiary alicyclic amines) is 1. The molecule has 2 heterocycles. The normalized spacial score (nSPS) is 14.6. The monoisotopic (exact) mass is 322 g/mol. The molecule has 0 aliphatic carbocycles. The SMILES string of the molecule is O=C(NCC(=O)N1CCCC1)c1sc2ccccc2c1Cl. The molecule has 1 fully saturated rings. The van der Waals surface area contributed by atoms with E-state index in [4.69, 9.17) is 11.6 Å². The molecule has 2 amide bonds. The average Bonchev–Trinajstić information content (AvgIpc) is 3.13. The highest BCUT2D eigenvalue weighted by Crippen LogP contribution is 2.34. The van der Waals surface area contributed by atoms with Gasteiger partial charge in [-0.25, -0.2) is 0 Å². The molecule has 1 aliphatic heterocycles. The first-order valence-electron chi connectivity index (χ1n) is 6.90. The Balaban J connectivity index is 1.69. The fraction of sp³-hybridized carbons (Fsp3) is 0.333. The first-order chi connectivity index (χ1) is 10.2. The van der Waals surface area contributed by atoms with Gasteiger partial charge in [0.15, 0.2) is 0 Å². The van der Waals surface area contributed by atoms with Gasteiger partial charge < -0.3 is 10.2 Å². The van der Waals surface area contributed by atoms with Crippen LogP contribution in [0, 0.1) is 0 Å². The summed E-state index contributed by atoms with van der Waals surface area (Å²) in [5.74, 6) is -0.313. The van der Waals surface area contributed by atoms with Gasteiger partial charge >= 0.3 is 0 Å². The number of rotatable bonds is 3. The van der Waals surface area contributed by atoms with Gasteiger partial charge in [-0.3, -0.25) is 9.59 Å². The third-order valence-electron chi connectivity index (χ3n) is 3.60. The molecular weight excluding hydrogens is 308 g/mol. The number of hydrogen-bond acceptors (Lipinski definition) is 3. The molecule has 110 valence electrons. The first kappa shape index (κ1) is 14.4. The highest BCUT2D eigenvalue weighted by molar-refractivity contribution is 7.21. The lowest BCUT2D eigenvalue weighted by molar-refractivity contribution is -0.129. The van der Waals surface area contributed by atoms with Crippen LogP contribution in [-0.2, 0) is 4.79 Å². The summed E-state index contributed by atoms with van der Waals surface area (Å²) in [6.45, 7) is 1.61. The summed E-state index contributed by atoms with van der Waals surface area (Å²) in [5, 5.41) is 4.01. The van der Waals surface area contributed by atoms with Crippen molar-refractivity contribution in [2.45, 2.75) is 12.8 Å². The van der Waals surface area contributed by atoms with Crippen molar-refractivity contribution in [2.75, 3.05) is 19.6 Å². The summed E-state index contributed by atoms with van der Waals surface area (Å²) in [4.78, 5) is 26.4. The van der Waals surface area contributed by atoms with Gasteiger partial charge in [-0.15, -0.1) is 11.3 Å². The van der Waals surface area contributed by atoms with Crippen LogP contribution in [0.5, 0.6) is 0 Å². The van der Waals surface area contributed by atoms with Crippen LogP contribution in [0.4, 0.5) is 0 Å². The van der Waals surface area contributed by atoms with Crippen molar-refractivity contribution >= 4 is 44.8 Å². The van der Waals surface area contributed by atoms with E-state index in [2.05, 4.69) is 5.32 Å². The molecule has 0 bridgehead atoms. The Kier molecular flexibility index (Phi) is 4.12. The molecule has 1 aromatic carbocycles. The summed E-state index contributed by atoms with van der Waals surface area (Å²) in [7, 11) is 0. The molecule has 2 aromatic rings. The zero-order chi connectivity index (χ0) is 14.8. The Morgan fingerprint density at radius 3 is 2.67 bits per heavy atom. The average molecular weight is 323 g/mol. The molecule has 1 N–H and O–H groups in total. The lowest BCUT2D eigenvalue weighted by atomic mass is 10.2. The first-order valence-corrected chi connectivity index (χ1v) is 8.09. The zero-order valence-electron chi connectivity index (χ0n) is 11.4. The molecule has 0 atom stereocenters. The van der Waals surface area contributed by atoms with Gasteiger partial charge in [-0.2, -0.15) is 0 Å². The van der Waals surface area contributed by atoms with Crippen molar-refractivity contribution in [2.24, 2.45) is 0 Å². The lowest BCUT2D eigenvalue weighted by Gasteiger charge is -2.15. The molecule has 1 saturated heterocycles. The molecule has 1 aromatic heterocycles. The molecule has 4 nitrogen and oxygen atoms in total. The van der Waals surface area contributed by atoms with Gasteiger partial charge in [0.2, 0.25) is 5.91 Å². The van der Waals surface area contributed by atoms with Crippen molar-refractivity contribution in [1.29, 1.82) is 0 Å². The van der Waals surface area contributed by atoms with E-state index in [1.54, 1.807) is 4.90 Å². The fourth-order valence-electron chi connectivity index (χ4n) is 2.47. The van der Waals surface area contributed by atoms with Crippen LogP contribution in [0.2, 0.25) is 5.02 Å². The van der Waals surface area contributed by atoms with E-state index < -0.39 is 0 Å². The molecule has 3 rings (SSSR count). The van der Waals surface area contributed by atoms with Crippen LogP contribution in [-0.4, -0.2) is 36.3 Å². The molecule has 6 heteroatoms. The number of carbonyl (C=O) groups is 2. The highest BCUT2D eigenvalue weighted by atomic mass is 35.5. The number of carbonyl (C=O) groups excluding carboxylic acids is 2. The maximum absolute atomic E-state index is 12.2. The fourth-order valence-corrected chi connectivity index (χ4v) is 3.91. The third-order valence-corrected chi connectivity index (χ3v) is 5.27. The molecule has 21 heavy (non-hydrogen) atoms. The summed E-state index contributed by atoms with van der Waals surface area (Å²) < 4.78 is 0.971. The smallest absolute Gasteiger partial charge is 0.263 e. The Hall–Kier alpha value is -1.59. The molecule has 0 unspecified atom stereocenters. The molecule has 1 aliphatic rings. The number of amides is 2. The summed E-state index contributed by atoms with van der Waals surface area (Å²) in [5.41, 5.74) is 0. The van der Waals surface area contributed by atoms with Gasteiger partial charge in [0.1, 0.15) is 4.88 Å². The van der Waals surface area contributed by atoms with Crippen molar-refractivity contribution in [3.05, 3.63) is 34.2 Å². The van der Waals surface area contributed by atoms with Crippen LogP contribution in [0.3, 0.4) is 0 Å². The number of nitrogens with one attached hydrogen (secondary N) is 1. The second kappa shape index (κ2) is 6.03. The maximum Gasteiger partial charge on any atom is 0.263 e. The van der Waals surface area contributed by atoms with Gasteiger partial charge in [-0.05, 0) is 18.9 Å². The Labute approximate surface area is 131 Å². The standard InChI is InChI=1S/C15H15ClN2O2S/c16-13-10-5-1-2-6-11(10)21-14(13)15(20)17-9-12(19)18-7-3-4-8-18/h1-2,5-6H,3-4,7-9H2,(H,17,20). The topological polar surface area (TPSA) is 49.4 Å². The van der Waals surface area contributed by atoms with E-state index in [1.807, 2.05) is 24.3 Å². The van der Waals surface area contributed by atoms with Gasteiger partial charge in [0.25, 0.3) is 5.91 Å². The van der Waals surface area contributed by atoms with Crippen molar-refractivity contribution in [3.63, 3.8) is 0 Å². The van der Waals surface area contributed by atoms with Gasteiger partial charge in [-0.1, -0.05) is 29.8 Å². The van der Waals surface area contributed by atoms with Crippen molar-refractivity contribution in [1.82, 2.24) is 10.2 Å². The van der Waals surface area contributed by atoms with E-state index in [1.165, 1.54) is 11.3 Å². The second-order valence-corrected chi connectivity index (χ2v) is 6.44. The third kappa shape index (κ3) is 2.89. The van der Waals surface area contributed by atoms with Crippen LogP contribution in [0.1, 0.15) is 22.5 Å². The van der Waals surface area contributed by atoms with E-state index in [0.29, 0.717) is 9.90 Å². The minimum atomic E-state index is -0.284. The van der Waals surface area contributed by atoms with Crippen LogP contribution in [0.25, 0.3) is 10.1 Å². The number of fused-ring (bicyclic) bond motifs is 1. The Bertz CT molecular complexity index is 692. The number of hydrogen-bond donors (Lipinski definition) is 1. The van der Waals surface area contributed by atoms with E-state index in [9.17, 15) is 9.59 Å². The summed E-state index contributed by atoms with van der Waals surface area (Å²) in [6.07, 6.45) is 2.09. The van der Waals surface area contributed by atoms with Crippen LogP contribution in [0.15, 0.2) is 24.3 Å². The largest absolute Gasteiger partial charge is 0.342 e. The molecule has 0 spiro atoms. The maximum atomic E-state index is 12.2. The second-order valence-electron chi connectivity index (χ2n) is 5.01. The van der Waals surface area contributed by atoms with Crippen molar-refractivity contribution in [3.8, 4) is 0 Å². The lowest BCUT2D eigenvalue weighted by Crippen LogP contribution is -2.38. The molecular formula is C15H15ClN2O2S. The summed E-state index contributed by atoms with van der Waals surface area (Å²) in [6, 6.07) is 7.62. The minimum Gasteiger partial charge on any atom is -0.342 e. The van der Waals surface area contributed by atoms with E-state index >= 15 is 0 Å². The predicted octanol–water partition coefficient (Wildman–Crippen LogP) is 2.91. The molecule has 0 saturated carbocycles. The number of nitrogens with zero attached hydrogens (tertiary/aromatic N) is 1. The Morgan fingerprint density at radius 2 is 1.95 bits per heavy atom. The number of benzene rings is 1.